The number of non-ortho nitro benzene ring substituents is 1. The van der Waals surface area contributed by atoms with Gasteiger partial charge in [0.2, 0.25) is 0 Å². The van der Waals surface area contributed by atoms with Crippen LogP contribution in [0.1, 0.15) is 5.76 Å². The molecule has 1 aliphatic heterocycles. The summed E-state index contributed by atoms with van der Waals surface area (Å²) in [4.78, 5) is 45.6. The van der Waals surface area contributed by atoms with Crippen LogP contribution in [0.3, 0.4) is 0 Å². The van der Waals surface area contributed by atoms with E-state index in [4.69, 9.17) is 9.52 Å². The molecule has 0 saturated carbocycles. The van der Waals surface area contributed by atoms with E-state index in [0.29, 0.717) is 32.5 Å². The first kappa shape index (κ1) is 18.9. The third kappa shape index (κ3) is 3.93. The van der Waals surface area contributed by atoms with Gasteiger partial charge in [0.05, 0.1) is 9.83 Å². The van der Waals surface area contributed by atoms with Crippen LogP contribution in [0.15, 0.2) is 44.1 Å². The molecule has 2 aromatic rings. The molecule has 1 aromatic heterocycles. The number of carboxylic acids is 1. The van der Waals surface area contributed by atoms with Gasteiger partial charge in [-0.05, 0) is 45.9 Å². The van der Waals surface area contributed by atoms with Crippen molar-refractivity contribution in [2.45, 2.75) is 0 Å². The van der Waals surface area contributed by atoms with Crippen LogP contribution in [0.2, 0.25) is 0 Å². The predicted molar refractivity (Wildman–Crippen MR) is 98.8 cm³/mol. The number of carbonyl (C=O) groups excluding carboxylic acids is 2. The van der Waals surface area contributed by atoms with E-state index in [1.165, 1.54) is 24.3 Å². The highest BCUT2D eigenvalue weighted by Gasteiger charge is 2.36. The number of hydrogen-bond donors (Lipinski definition) is 1. The summed E-state index contributed by atoms with van der Waals surface area (Å²) in [5, 5.41) is 18.9. The summed E-state index contributed by atoms with van der Waals surface area (Å²) >= 11 is 3.88. The lowest BCUT2D eigenvalue weighted by atomic mass is 10.1. The van der Waals surface area contributed by atoms with Crippen LogP contribution < -0.4 is 0 Å². The number of nitro groups is 1. The van der Waals surface area contributed by atoms with E-state index in [9.17, 15) is 24.5 Å². The second-order valence-corrected chi connectivity index (χ2v) is 7.13. The maximum absolute atomic E-state index is 12.1. The number of furan rings is 1. The first-order valence-electron chi connectivity index (χ1n) is 7.27. The molecule has 3 rings (SSSR count). The second kappa shape index (κ2) is 7.37. The highest BCUT2D eigenvalue weighted by molar-refractivity contribution is 9.10. The summed E-state index contributed by atoms with van der Waals surface area (Å²) in [5.74, 6) is -1.33. The van der Waals surface area contributed by atoms with Crippen LogP contribution in [0, 0.1) is 10.1 Å². The van der Waals surface area contributed by atoms with E-state index in [1.54, 1.807) is 12.1 Å². The summed E-state index contributed by atoms with van der Waals surface area (Å²) < 4.78 is 6.08. The third-order valence-corrected chi connectivity index (χ3v) is 5.06. The zero-order valence-corrected chi connectivity index (χ0v) is 15.7. The van der Waals surface area contributed by atoms with Gasteiger partial charge in [-0.2, -0.15) is 0 Å². The molecule has 1 fully saturated rings. The average Bonchev–Trinajstić information content (AvgIpc) is 3.15. The lowest BCUT2D eigenvalue weighted by molar-refractivity contribution is -0.384. The number of nitro benzene ring substituents is 1. The van der Waals surface area contributed by atoms with Crippen LogP contribution in [0.5, 0.6) is 0 Å². The fourth-order valence-electron chi connectivity index (χ4n) is 2.29. The molecule has 2 amide bonds. The van der Waals surface area contributed by atoms with E-state index < -0.39 is 28.6 Å². The lowest BCUT2D eigenvalue weighted by Gasteiger charge is -2.07. The molecule has 0 aliphatic carbocycles. The number of halogens is 1. The van der Waals surface area contributed by atoms with Crippen molar-refractivity contribution in [3.8, 4) is 11.3 Å². The number of benzene rings is 1. The van der Waals surface area contributed by atoms with Gasteiger partial charge in [0.1, 0.15) is 18.1 Å². The standard InChI is InChI=1S/C16H9BrN2O7S/c17-11-5-8(19(24)25)1-3-10(11)12-4-2-9(26-12)6-13-15(22)18(7-14(20)21)16(23)27-13/h1-6H,7H2,(H,20,21)/b13-6-. The van der Waals surface area contributed by atoms with Gasteiger partial charge in [-0.1, -0.05) is 0 Å². The SMILES string of the molecule is O=C(O)CN1C(=O)S/C(=C\c2ccc(-c3ccc([N+](=O)[O-])cc3Br)o2)C1=O. The molecule has 138 valence electrons. The Labute approximate surface area is 163 Å². The molecule has 1 aromatic carbocycles. The van der Waals surface area contributed by atoms with Crippen LogP contribution in [-0.2, 0) is 9.59 Å². The molecule has 1 saturated heterocycles. The molecule has 27 heavy (non-hydrogen) atoms. The molecule has 0 bridgehead atoms. The third-order valence-electron chi connectivity index (χ3n) is 3.50. The Morgan fingerprint density at radius 3 is 2.70 bits per heavy atom. The molecular weight excluding hydrogens is 444 g/mol. The first-order valence-corrected chi connectivity index (χ1v) is 8.88. The summed E-state index contributed by atoms with van der Waals surface area (Å²) in [6, 6.07) is 7.37. The Morgan fingerprint density at radius 1 is 1.33 bits per heavy atom. The fraction of sp³-hybridized carbons (Fsp3) is 0.0625. The number of thioether (sulfide) groups is 1. The number of rotatable bonds is 5. The largest absolute Gasteiger partial charge is 0.480 e. The summed E-state index contributed by atoms with van der Waals surface area (Å²) in [5.41, 5.74) is 0.490. The van der Waals surface area contributed by atoms with Crippen molar-refractivity contribution in [3.05, 3.63) is 55.6 Å². The van der Waals surface area contributed by atoms with Crippen molar-refractivity contribution >= 4 is 56.6 Å². The van der Waals surface area contributed by atoms with Crippen LogP contribution in [0.25, 0.3) is 17.4 Å². The molecule has 0 radical (unpaired) electrons. The van der Waals surface area contributed by atoms with E-state index in [1.807, 2.05) is 0 Å². The highest BCUT2D eigenvalue weighted by Crippen LogP contribution is 2.35. The van der Waals surface area contributed by atoms with Crippen LogP contribution >= 0.6 is 27.7 Å². The molecular formula is C16H9BrN2O7S. The molecule has 0 atom stereocenters. The van der Waals surface area contributed by atoms with E-state index in [-0.39, 0.29) is 16.4 Å². The second-order valence-electron chi connectivity index (χ2n) is 5.28. The molecule has 0 spiro atoms. The van der Waals surface area contributed by atoms with E-state index in [2.05, 4.69) is 15.9 Å². The van der Waals surface area contributed by atoms with Crippen molar-refractivity contribution in [2.75, 3.05) is 6.54 Å². The van der Waals surface area contributed by atoms with Gasteiger partial charge < -0.3 is 9.52 Å². The summed E-state index contributed by atoms with van der Waals surface area (Å²) in [6.07, 6.45) is 1.34. The average molecular weight is 453 g/mol. The van der Waals surface area contributed by atoms with E-state index in [0.717, 1.165) is 0 Å². The number of amides is 2. The fourth-order valence-corrected chi connectivity index (χ4v) is 3.67. The number of hydrogen-bond acceptors (Lipinski definition) is 7. The van der Waals surface area contributed by atoms with Gasteiger partial charge >= 0.3 is 5.97 Å². The Hall–Kier alpha value is -2.92. The predicted octanol–water partition coefficient (Wildman–Crippen LogP) is 3.74. The zero-order chi connectivity index (χ0) is 19.7. The Balaban J connectivity index is 1.86. The van der Waals surface area contributed by atoms with Crippen LogP contribution in [-0.4, -0.2) is 38.6 Å². The van der Waals surface area contributed by atoms with E-state index >= 15 is 0 Å². The van der Waals surface area contributed by atoms with Crippen molar-refractivity contribution in [1.29, 1.82) is 0 Å². The Bertz CT molecular complexity index is 1010. The van der Waals surface area contributed by atoms with Crippen molar-refractivity contribution in [3.63, 3.8) is 0 Å². The smallest absolute Gasteiger partial charge is 0.323 e. The topological polar surface area (TPSA) is 131 Å². The minimum atomic E-state index is -1.29. The number of imide groups is 1. The lowest BCUT2D eigenvalue weighted by Crippen LogP contribution is -2.33. The Morgan fingerprint density at radius 2 is 2.07 bits per heavy atom. The van der Waals surface area contributed by atoms with Gasteiger partial charge in [0.25, 0.3) is 16.8 Å². The quantitative estimate of drug-likeness (QED) is 0.412. The number of carboxylic acid groups (broad SMARTS) is 1. The van der Waals surface area contributed by atoms with Crippen molar-refractivity contribution < 1.29 is 28.8 Å². The normalized spacial score (nSPS) is 15.6. The zero-order valence-electron chi connectivity index (χ0n) is 13.2. The Kier molecular flexibility index (Phi) is 5.15. The minimum absolute atomic E-state index is 0.0462. The van der Waals surface area contributed by atoms with Gasteiger partial charge in [0, 0.05) is 28.2 Å². The molecule has 1 aliphatic rings. The summed E-state index contributed by atoms with van der Waals surface area (Å²) in [7, 11) is 0. The first-order chi connectivity index (χ1) is 12.8. The molecule has 1 N–H and O–H groups in total. The minimum Gasteiger partial charge on any atom is -0.480 e. The van der Waals surface area contributed by atoms with Gasteiger partial charge in [-0.15, -0.1) is 0 Å². The maximum atomic E-state index is 12.1. The highest BCUT2D eigenvalue weighted by atomic mass is 79.9. The monoisotopic (exact) mass is 452 g/mol. The van der Waals surface area contributed by atoms with Gasteiger partial charge in [-0.3, -0.25) is 29.4 Å². The van der Waals surface area contributed by atoms with Crippen LogP contribution in [0.4, 0.5) is 10.5 Å². The van der Waals surface area contributed by atoms with Crippen molar-refractivity contribution in [2.24, 2.45) is 0 Å². The maximum Gasteiger partial charge on any atom is 0.323 e. The molecule has 11 heteroatoms. The number of nitrogens with zero attached hydrogens (tertiary/aromatic N) is 2. The van der Waals surface area contributed by atoms with Gasteiger partial charge in [-0.25, -0.2) is 0 Å². The van der Waals surface area contributed by atoms with Crippen molar-refractivity contribution in [1.82, 2.24) is 4.90 Å². The number of carbonyl (C=O) groups is 3. The van der Waals surface area contributed by atoms with Gasteiger partial charge in [0.15, 0.2) is 0 Å². The molecule has 0 unspecified atom stereocenters. The summed E-state index contributed by atoms with van der Waals surface area (Å²) in [6.45, 7) is -0.707. The number of aliphatic carboxylic acids is 1. The molecule has 9 nitrogen and oxygen atoms in total. The molecule has 2 heterocycles.